The third-order valence-electron chi connectivity index (χ3n) is 26.7. The third-order valence-corrected chi connectivity index (χ3v) is 26.7. The number of para-hydroxylation sites is 6. The van der Waals surface area contributed by atoms with Crippen LogP contribution < -0.4 is 0 Å². The quantitative estimate of drug-likeness (QED) is 0.104. The second kappa shape index (κ2) is 35.2. The van der Waals surface area contributed by atoms with E-state index in [-0.39, 0.29) is 0 Å². The molecule has 27 rings (SSSR count). The lowest BCUT2D eigenvalue weighted by Crippen LogP contribution is -2.01. The summed E-state index contributed by atoms with van der Waals surface area (Å²) < 4.78 is 25.4. The van der Waals surface area contributed by atoms with Gasteiger partial charge in [0, 0.05) is 92.6 Å². The van der Waals surface area contributed by atoms with Gasteiger partial charge in [0.25, 0.3) is 0 Å². The summed E-state index contributed by atoms with van der Waals surface area (Å²) in [6, 6.07) is 144. The summed E-state index contributed by atoms with van der Waals surface area (Å²) in [6.45, 7) is 25.0. The van der Waals surface area contributed by atoms with Crippen LogP contribution in [-0.2, 0) is 0 Å². The number of hydrogen-bond donors (Lipinski definition) is 0. The van der Waals surface area contributed by atoms with Crippen LogP contribution in [0.3, 0.4) is 0 Å². The molecule has 0 aliphatic heterocycles. The topological polar surface area (TPSA) is 216 Å². The van der Waals surface area contributed by atoms with Gasteiger partial charge >= 0.3 is 0 Å². The summed E-state index contributed by atoms with van der Waals surface area (Å²) in [7, 11) is 0. The van der Waals surface area contributed by atoms with Crippen molar-refractivity contribution in [2.75, 3.05) is 0 Å². The predicted octanol–water partition coefficient (Wildman–Crippen LogP) is 32.7. The van der Waals surface area contributed by atoms with Crippen LogP contribution in [0.2, 0.25) is 0 Å². The highest BCUT2D eigenvalue weighted by atomic mass is 16.3. The van der Waals surface area contributed by atoms with Gasteiger partial charge in [0.15, 0.2) is 17.5 Å². The van der Waals surface area contributed by atoms with Crippen LogP contribution in [0.25, 0.3) is 265 Å². The summed E-state index contributed by atoms with van der Waals surface area (Å²) in [4.78, 5) is 41.5. The van der Waals surface area contributed by atoms with E-state index in [9.17, 15) is 15.8 Å². The molecule has 0 N–H and O–H groups in total. The van der Waals surface area contributed by atoms with E-state index in [4.69, 9.17) is 62.9 Å². The van der Waals surface area contributed by atoms with Gasteiger partial charge < -0.3 is 27.0 Å². The molecule has 9 heterocycles. The first kappa shape index (κ1) is 84.7. The molecule has 0 bridgehead atoms. The molecule has 0 aliphatic rings. The number of rotatable bonds is 12. The van der Waals surface area contributed by atoms with E-state index < -0.39 is 0 Å². The monoisotopic (exact) mass is 1840 g/mol. The van der Waals surface area contributed by atoms with Gasteiger partial charge in [-0.1, -0.05) is 309 Å². The summed E-state index contributed by atoms with van der Waals surface area (Å²) >= 11 is 0. The van der Waals surface area contributed by atoms with E-state index in [0.717, 1.165) is 182 Å². The van der Waals surface area contributed by atoms with Gasteiger partial charge in [-0.05, 0) is 126 Å². The van der Waals surface area contributed by atoms with Gasteiger partial charge in [-0.3, -0.25) is 0 Å². The van der Waals surface area contributed by atoms with Crippen molar-refractivity contribution in [3.05, 3.63) is 470 Å². The van der Waals surface area contributed by atoms with E-state index in [0.29, 0.717) is 102 Å². The Balaban J connectivity index is 0.000000113. The Labute approximate surface area is 822 Å². The highest BCUT2D eigenvalue weighted by molar-refractivity contribution is 6.28. The first-order valence-electron chi connectivity index (χ1n) is 46.6. The Hall–Kier alpha value is -21.1. The zero-order valence-electron chi connectivity index (χ0n) is 76.3. The SMILES string of the molecule is [C-]#[N+]c1cc(-c2nc(-c3ccccc3)nc(-c3ccccc3)c2C#N)ccc1-n1c2ccccc2c2c3c(ccc21)oc1ccccc13.[C-]#[N+]c1cc(-c2nc(-c3ccccc3)nc(-c3ccccc3)c2C#N)ccc1-n1c2ccccc2c2c3oc4ccccc4c3ccc21.[C-]#[N+]c1cc(-c2nc(-c3ccccc3)nc(-c3ccccc3)c2C#N)ccc1-n1c2ccccc2c2cc3oc4ccccc4c3cc21. The molecule has 9 aromatic heterocycles. The highest BCUT2D eigenvalue weighted by Crippen LogP contribution is 2.49. The minimum Gasteiger partial charge on any atom is -0.456 e. The van der Waals surface area contributed by atoms with Crippen LogP contribution in [0.1, 0.15) is 16.7 Å². The van der Waals surface area contributed by atoms with Crippen LogP contribution in [-0.4, -0.2) is 43.6 Å². The van der Waals surface area contributed by atoms with E-state index in [1.54, 1.807) is 0 Å². The van der Waals surface area contributed by atoms with E-state index >= 15 is 0 Å². The number of fused-ring (bicyclic) bond motifs is 20. The minimum atomic E-state index is 0.355. The lowest BCUT2D eigenvalue weighted by Gasteiger charge is -2.15. The number of aromatic nitrogens is 9. The molecule has 18 aromatic carbocycles. The third kappa shape index (κ3) is 14.2. The van der Waals surface area contributed by atoms with E-state index in [2.05, 4.69) is 131 Å². The summed E-state index contributed by atoms with van der Waals surface area (Å²) in [5, 5.41) is 44.1. The molecular formula is C126H69N15O3. The molecule has 0 saturated heterocycles. The summed E-state index contributed by atoms with van der Waals surface area (Å²) in [5.41, 5.74) is 25.5. The zero-order chi connectivity index (χ0) is 96.6. The Morgan fingerprint density at radius 1 is 0.208 bits per heavy atom. The standard InChI is InChI=1S/3C42H23N5O/c1-44-33-24-28(40-32(25-43)39(26-12-4-2-5-13-26)45-42(46-40)27-14-6-3-7-15-27)20-22-35(33)47-34-18-10-8-17-31(34)38-36(47)23-21-30-29-16-9-11-19-37(29)48-41(30)38;1-44-34-22-28(41-33(25-43)40(26-12-4-2-5-13-26)45-42(46-41)27-14-6-3-7-15-27)20-21-36(34)47-35-18-10-8-16-29(35)31-24-39-32(23-37(31)47)30-17-9-11-19-38(30)48-39;1-44-32-24-28(41-31(25-43)40(26-12-4-2-5-13-26)45-42(46-41)27-14-6-3-7-15-27)20-21-34(32)47-33-18-10-8-16-29(33)38-35(47)22-23-37-39(38)30-17-9-11-19-36(30)48-37/h3*2-24H. The maximum atomic E-state index is 10.5. The van der Waals surface area contributed by atoms with Crippen molar-refractivity contribution in [1.29, 1.82) is 15.8 Å². The Morgan fingerprint density at radius 3 is 0.938 bits per heavy atom. The van der Waals surface area contributed by atoms with Gasteiger partial charge in [-0.2, -0.15) is 15.8 Å². The van der Waals surface area contributed by atoms with Crippen molar-refractivity contribution in [2.45, 2.75) is 0 Å². The van der Waals surface area contributed by atoms with Gasteiger partial charge in [0.2, 0.25) is 17.1 Å². The zero-order valence-corrected chi connectivity index (χ0v) is 76.3. The maximum absolute atomic E-state index is 10.5. The first-order chi connectivity index (χ1) is 71.2. The molecule has 0 unspecified atom stereocenters. The highest BCUT2D eigenvalue weighted by Gasteiger charge is 2.29. The molecule has 18 nitrogen and oxygen atoms in total. The van der Waals surface area contributed by atoms with Crippen LogP contribution in [0.4, 0.5) is 17.1 Å². The van der Waals surface area contributed by atoms with Gasteiger partial charge in [0.05, 0.1) is 109 Å². The normalized spacial score (nSPS) is 11.3. The Bertz CT molecular complexity index is 10000. The number of benzene rings is 18. The average molecular weight is 1840 g/mol. The van der Waals surface area contributed by atoms with Crippen LogP contribution in [0.5, 0.6) is 0 Å². The molecule has 0 aliphatic carbocycles. The van der Waals surface area contributed by atoms with E-state index in [1.165, 1.54) is 0 Å². The first-order valence-corrected chi connectivity index (χ1v) is 46.6. The number of nitriles is 3. The molecule has 0 fully saturated rings. The molecule has 27 aromatic rings. The second-order valence-corrected chi connectivity index (χ2v) is 34.7. The molecule has 0 saturated carbocycles. The fraction of sp³-hybridized carbons (Fsp3) is 0. The van der Waals surface area contributed by atoms with Crippen molar-refractivity contribution < 1.29 is 13.3 Å². The van der Waals surface area contributed by atoms with Crippen LogP contribution >= 0.6 is 0 Å². The lowest BCUT2D eigenvalue weighted by molar-refractivity contribution is 0.669. The fourth-order valence-electron chi connectivity index (χ4n) is 20.2. The molecule has 0 atom stereocenters. The Kier molecular flexibility index (Phi) is 20.7. The fourth-order valence-corrected chi connectivity index (χ4v) is 20.2. The smallest absolute Gasteiger partial charge is 0.211 e. The number of nitrogens with zero attached hydrogens (tertiary/aromatic N) is 15. The van der Waals surface area contributed by atoms with Crippen molar-refractivity contribution in [2.24, 2.45) is 0 Å². The summed E-state index contributed by atoms with van der Waals surface area (Å²) in [6.07, 6.45) is 0. The molecular weight excluding hydrogens is 1770 g/mol. The maximum Gasteiger partial charge on any atom is 0.211 e. The Morgan fingerprint density at radius 2 is 0.521 bits per heavy atom. The van der Waals surface area contributed by atoms with Gasteiger partial charge in [-0.25, -0.2) is 44.4 Å². The number of furan rings is 3. The van der Waals surface area contributed by atoms with Crippen LogP contribution in [0, 0.1) is 53.7 Å². The molecule has 18 heteroatoms. The lowest BCUT2D eigenvalue weighted by atomic mass is 9.99. The van der Waals surface area contributed by atoms with Crippen LogP contribution in [0.15, 0.2) is 432 Å². The van der Waals surface area contributed by atoms with Crippen molar-refractivity contribution in [1.82, 2.24) is 43.6 Å². The molecule has 0 spiro atoms. The van der Waals surface area contributed by atoms with Crippen molar-refractivity contribution in [3.63, 3.8) is 0 Å². The van der Waals surface area contributed by atoms with Gasteiger partial charge in [-0.15, -0.1) is 0 Å². The largest absolute Gasteiger partial charge is 0.456 e. The molecule has 144 heavy (non-hydrogen) atoms. The molecule has 0 amide bonds. The number of hydrogen-bond acceptors (Lipinski definition) is 12. The molecule has 0 radical (unpaired) electrons. The van der Waals surface area contributed by atoms with Crippen molar-refractivity contribution >= 4 is 148 Å². The van der Waals surface area contributed by atoms with Gasteiger partial charge in [0.1, 0.15) is 68.4 Å². The second-order valence-electron chi connectivity index (χ2n) is 34.7. The predicted molar refractivity (Wildman–Crippen MR) is 573 cm³/mol. The summed E-state index contributed by atoms with van der Waals surface area (Å²) in [5.74, 6) is 1.53. The van der Waals surface area contributed by atoms with E-state index in [1.807, 2.05) is 334 Å². The van der Waals surface area contributed by atoms with Crippen molar-refractivity contribution in [3.8, 4) is 137 Å². The minimum absolute atomic E-state index is 0.355. The molecule has 666 valence electrons. The average Bonchev–Trinajstić information content (AvgIpc) is 1.56.